The van der Waals surface area contributed by atoms with E-state index in [1.165, 1.54) is 16.3 Å². The van der Waals surface area contributed by atoms with Gasteiger partial charge < -0.3 is 5.32 Å². The predicted molar refractivity (Wildman–Crippen MR) is 88.4 cm³/mol. The third-order valence-electron chi connectivity index (χ3n) is 3.69. The van der Waals surface area contributed by atoms with Gasteiger partial charge in [0.1, 0.15) is 5.15 Å². The molecule has 0 bridgehead atoms. The van der Waals surface area contributed by atoms with E-state index < -0.39 is 0 Å². The van der Waals surface area contributed by atoms with Gasteiger partial charge in [-0.2, -0.15) is 0 Å². The van der Waals surface area contributed by atoms with Crippen molar-refractivity contribution in [3.63, 3.8) is 0 Å². The molecular weight excluding hydrogens is 280 g/mol. The van der Waals surface area contributed by atoms with E-state index in [0.29, 0.717) is 5.15 Å². The van der Waals surface area contributed by atoms with Gasteiger partial charge in [0.15, 0.2) is 0 Å². The molecule has 2 aromatic carbocycles. The fraction of sp³-hybridized carbons (Fsp3) is 0.167. The van der Waals surface area contributed by atoms with E-state index in [1.54, 1.807) is 6.20 Å². The van der Waals surface area contributed by atoms with Crippen molar-refractivity contribution in [3.05, 3.63) is 77.1 Å². The SMILES string of the molecule is CC(NCc1ccnc(Cl)c1)c1cccc2ccccc12. The molecule has 0 fully saturated rings. The van der Waals surface area contributed by atoms with Crippen LogP contribution in [0.1, 0.15) is 24.1 Å². The molecule has 0 spiro atoms. The summed E-state index contributed by atoms with van der Waals surface area (Å²) in [6.07, 6.45) is 1.74. The van der Waals surface area contributed by atoms with Crippen LogP contribution < -0.4 is 5.32 Å². The van der Waals surface area contributed by atoms with Crippen LogP contribution in [0.15, 0.2) is 60.8 Å². The first-order valence-electron chi connectivity index (χ1n) is 7.05. The Labute approximate surface area is 129 Å². The molecule has 0 aliphatic heterocycles. The van der Waals surface area contributed by atoms with Crippen molar-refractivity contribution >= 4 is 22.4 Å². The van der Waals surface area contributed by atoms with Crippen LogP contribution in [0.5, 0.6) is 0 Å². The van der Waals surface area contributed by atoms with Crippen LogP contribution >= 0.6 is 11.6 Å². The lowest BCUT2D eigenvalue weighted by atomic mass is 9.99. The lowest BCUT2D eigenvalue weighted by Gasteiger charge is -2.16. The summed E-state index contributed by atoms with van der Waals surface area (Å²) in [6.45, 7) is 2.96. The Bertz CT molecular complexity index is 750. The van der Waals surface area contributed by atoms with Crippen LogP contribution in [0.4, 0.5) is 0 Å². The third-order valence-corrected chi connectivity index (χ3v) is 3.90. The molecule has 0 saturated heterocycles. The van der Waals surface area contributed by atoms with Crippen LogP contribution in [-0.4, -0.2) is 4.98 Å². The number of aromatic nitrogens is 1. The normalized spacial score (nSPS) is 12.5. The Hall–Kier alpha value is -1.90. The van der Waals surface area contributed by atoms with Gasteiger partial charge >= 0.3 is 0 Å². The zero-order valence-corrected chi connectivity index (χ0v) is 12.6. The van der Waals surface area contributed by atoms with Gasteiger partial charge in [-0.15, -0.1) is 0 Å². The number of nitrogens with zero attached hydrogens (tertiary/aromatic N) is 1. The van der Waals surface area contributed by atoms with Gasteiger partial charge in [0.25, 0.3) is 0 Å². The molecule has 3 heteroatoms. The number of hydrogen-bond acceptors (Lipinski definition) is 2. The Balaban J connectivity index is 1.79. The van der Waals surface area contributed by atoms with Crippen molar-refractivity contribution in [1.29, 1.82) is 0 Å². The van der Waals surface area contributed by atoms with E-state index >= 15 is 0 Å². The number of fused-ring (bicyclic) bond motifs is 1. The fourth-order valence-electron chi connectivity index (χ4n) is 2.56. The van der Waals surface area contributed by atoms with Crippen molar-refractivity contribution in [1.82, 2.24) is 10.3 Å². The number of benzene rings is 2. The van der Waals surface area contributed by atoms with Gasteiger partial charge in [0.2, 0.25) is 0 Å². The molecule has 1 atom stereocenters. The zero-order valence-electron chi connectivity index (χ0n) is 11.9. The first-order chi connectivity index (χ1) is 10.2. The van der Waals surface area contributed by atoms with Gasteiger partial charge in [-0.1, -0.05) is 54.1 Å². The molecule has 0 amide bonds. The summed E-state index contributed by atoms with van der Waals surface area (Å²) in [6, 6.07) is 19.1. The number of halogens is 1. The molecular formula is C18H17ClN2. The van der Waals surface area contributed by atoms with Crippen molar-refractivity contribution in [2.45, 2.75) is 19.5 Å². The molecule has 0 aliphatic rings. The maximum atomic E-state index is 5.92. The summed E-state index contributed by atoms with van der Waals surface area (Å²) in [5, 5.41) is 6.66. The first-order valence-corrected chi connectivity index (χ1v) is 7.43. The quantitative estimate of drug-likeness (QED) is 0.704. The summed E-state index contributed by atoms with van der Waals surface area (Å²) >= 11 is 5.92. The second-order valence-electron chi connectivity index (χ2n) is 5.16. The van der Waals surface area contributed by atoms with Gasteiger partial charge in [-0.3, -0.25) is 0 Å². The van der Waals surface area contributed by atoms with Gasteiger partial charge in [-0.05, 0) is 41.0 Å². The van der Waals surface area contributed by atoms with E-state index in [9.17, 15) is 0 Å². The molecule has 1 unspecified atom stereocenters. The minimum Gasteiger partial charge on any atom is -0.306 e. The van der Waals surface area contributed by atoms with Crippen LogP contribution in [0.2, 0.25) is 5.15 Å². The van der Waals surface area contributed by atoms with Crippen molar-refractivity contribution < 1.29 is 0 Å². The van der Waals surface area contributed by atoms with E-state index in [2.05, 4.69) is 59.7 Å². The minimum absolute atomic E-state index is 0.267. The fourth-order valence-corrected chi connectivity index (χ4v) is 2.76. The number of rotatable bonds is 4. The standard InChI is InChI=1S/C18H17ClN2/c1-13(21-12-14-9-10-20-18(19)11-14)16-8-4-6-15-5-2-3-7-17(15)16/h2-11,13,21H,12H2,1H3. The van der Waals surface area contributed by atoms with Crippen LogP contribution in [0, 0.1) is 0 Å². The Morgan fingerprint density at radius 1 is 1.10 bits per heavy atom. The van der Waals surface area contributed by atoms with Gasteiger partial charge in [-0.25, -0.2) is 4.98 Å². The second-order valence-corrected chi connectivity index (χ2v) is 5.55. The summed E-state index contributed by atoms with van der Waals surface area (Å²) in [4.78, 5) is 4.00. The second kappa shape index (κ2) is 6.25. The predicted octanol–water partition coefficient (Wildman–Crippen LogP) is 4.74. The lowest BCUT2D eigenvalue weighted by molar-refractivity contribution is 0.578. The molecule has 21 heavy (non-hydrogen) atoms. The third kappa shape index (κ3) is 3.23. The van der Waals surface area contributed by atoms with E-state index in [0.717, 1.165) is 12.1 Å². The average molecular weight is 297 g/mol. The highest BCUT2D eigenvalue weighted by molar-refractivity contribution is 6.29. The van der Waals surface area contributed by atoms with E-state index in [-0.39, 0.29) is 6.04 Å². The number of pyridine rings is 1. The summed E-state index contributed by atoms with van der Waals surface area (Å²) in [7, 11) is 0. The summed E-state index contributed by atoms with van der Waals surface area (Å²) < 4.78 is 0. The smallest absolute Gasteiger partial charge is 0.129 e. The molecule has 2 nitrogen and oxygen atoms in total. The maximum Gasteiger partial charge on any atom is 0.129 e. The molecule has 0 saturated carbocycles. The molecule has 3 rings (SSSR count). The highest BCUT2D eigenvalue weighted by atomic mass is 35.5. The average Bonchev–Trinajstić information content (AvgIpc) is 2.52. The highest BCUT2D eigenvalue weighted by Gasteiger charge is 2.08. The number of hydrogen-bond donors (Lipinski definition) is 1. The Morgan fingerprint density at radius 2 is 1.90 bits per heavy atom. The molecule has 1 N–H and O–H groups in total. The van der Waals surface area contributed by atoms with E-state index in [1.807, 2.05) is 12.1 Å². The summed E-state index contributed by atoms with van der Waals surface area (Å²) in [5.74, 6) is 0. The molecule has 106 valence electrons. The molecule has 1 aromatic heterocycles. The van der Waals surface area contributed by atoms with Gasteiger partial charge in [0.05, 0.1) is 0 Å². The number of nitrogens with one attached hydrogen (secondary N) is 1. The van der Waals surface area contributed by atoms with Crippen molar-refractivity contribution in [2.75, 3.05) is 0 Å². The Morgan fingerprint density at radius 3 is 2.76 bits per heavy atom. The molecule has 0 radical (unpaired) electrons. The van der Waals surface area contributed by atoms with Crippen molar-refractivity contribution in [2.24, 2.45) is 0 Å². The van der Waals surface area contributed by atoms with E-state index in [4.69, 9.17) is 11.6 Å². The zero-order chi connectivity index (χ0) is 14.7. The Kier molecular flexibility index (Phi) is 4.18. The molecule has 3 aromatic rings. The monoisotopic (exact) mass is 296 g/mol. The largest absolute Gasteiger partial charge is 0.306 e. The lowest BCUT2D eigenvalue weighted by Crippen LogP contribution is -2.18. The molecule has 0 aliphatic carbocycles. The molecule has 1 heterocycles. The maximum absolute atomic E-state index is 5.92. The highest BCUT2D eigenvalue weighted by Crippen LogP contribution is 2.24. The van der Waals surface area contributed by atoms with Crippen LogP contribution in [0.3, 0.4) is 0 Å². The van der Waals surface area contributed by atoms with Crippen LogP contribution in [-0.2, 0) is 6.54 Å². The minimum atomic E-state index is 0.267. The van der Waals surface area contributed by atoms with Crippen LogP contribution in [0.25, 0.3) is 10.8 Å². The topological polar surface area (TPSA) is 24.9 Å². The summed E-state index contributed by atoms with van der Waals surface area (Å²) in [5.41, 5.74) is 2.45. The van der Waals surface area contributed by atoms with Gasteiger partial charge in [0, 0.05) is 18.8 Å². The van der Waals surface area contributed by atoms with Crippen molar-refractivity contribution in [3.8, 4) is 0 Å². The first kappa shape index (κ1) is 14.1.